The molecule has 2 N–H and O–H groups in total. The fraction of sp³-hybridized carbons (Fsp3) is 0.235. The highest BCUT2D eigenvalue weighted by molar-refractivity contribution is 5.94. The van der Waals surface area contributed by atoms with Gasteiger partial charge in [0.25, 0.3) is 5.91 Å². The summed E-state index contributed by atoms with van der Waals surface area (Å²) >= 11 is 0. The number of carbonyl (C=O) groups is 1. The number of rotatable bonds is 3. The fourth-order valence-corrected chi connectivity index (χ4v) is 2.10. The van der Waals surface area contributed by atoms with Crippen LogP contribution in [0.3, 0.4) is 0 Å². The average molecular weight is 268 g/mol. The number of carbonyl (C=O) groups excluding carboxylic acids is 1. The summed E-state index contributed by atoms with van der Waals surface area (Å²) in [6.45, 7) is 4.57. The standard InChI is InChI=1S/C17H20N2O/c1-12-8-9-14(10-13(12)2)17(20)19(3)11-15-6-4-5-7-16(15)18/h4-10H,11,18H2,1-3H3. The van der Waals surface area contributed by atoms with Gasteiger partial charge in [-0.3, -0.25) is 4.79 Å². The molecule has 2 aromatic carbocycles. The van der Waals surface area contributed by atoms with Crippen LogP contribution in [-0.2, 0) is 6.54 Å². The molecule has 0 fully saturated rings. The summed E-state index contributed by atoms with van der Waals surface area (Å²) in [7, 11) is 1.80. The van der Waals surface area contributed by atoms with E-state index in [4.69, 9.17) is 5.73 Å². The van der Waals surface area contributed by atoms with Crippen LogP contribution >= 0.6 is 0 Å². The highest BCUT2D eigenvalue weighted by atomic mass is 16.2. The summed E-state index contributed by atoms with van der Waals surface area (Å²) in [5.41, 5.74) is 10.6. The van der Waals surface area contributed by atoms with Crippen molar-refractivity contribution in [3.63, 3.8) is 0 Å². The van der Waals surface area contributed by atoms with Crippen molar-refractivity contribution >= 4 is 11.6 Å². The van der Waals surface area contributed by atoms with E-state index in [0.29, 0.717) is 17.8 Å². The fourth-order valence-electron chi connectivity index (χ4n) is 2.10. The van der Waals surface area contributed by atoms with Crippen LogP contribution in [0.5, 0.6) is 0 Å². The van der Waals surface area contributed by atoms with Crippen LogP contribution in [0.2, 0.25) is 0 Å². The molecule has 0 saturated carbocycles. The Balaban J connectivity index is 2.16. The van der Waals surface area contributed by atoms with Crippen LogP contribution in [0.1, 0.15) is 27.0 Å². The van der Waals surface area contributed by atoms with Crippen molar-refractivity contribution in [1.82, 2.24) is 4.90 Å². The van der Waals surface area contributed by atoms with Crippen LogP contribution in [-0.4, -0.2) is 17.9 Å². The second-order valence-corrected chi connectivity index (χ2v) is 5.16. The molecular weight excluding hydrogens is 248 g/mol. The van der Waals surface area contributed by atoms with E-state index in [-0.39, 0.29) is 5.91 Å². The smallest absolute Gasteiger partial charge is 0.253 e. The first-order valence-electron chi connectivity index (χ1n) is 6.65. The highest BCUT2D eigenvalue weighted by Crippen LogP contribution is 2.16. The topological polar surface area (TPSA) is 46.3 Å². The number of benzene rings is 2. The number of hydrogen-bond acceptors (Lipinski definition) is 2. The minimum Gasteiger partial charge on any atom is -0.398 e. The Morgan fingerprint density at radius 3 is 2.45 bits per heavy atom. The monoisotopic (exact) mass is 268 g/mol. The van der Waals surface area contributed by atoms with E-state index in [1.165, 1.54) is 5.56 Å². The van der Waals surface area contributed by atoms with Gasteiger partial charge in [-0.2, -0.15) is 0 Å². The number of nitrogens with two attached hydrogens (primary N) is 1. The zero-order valence-corrected chi connectivity index (χ0v) is 12.2. The summed E-state index contributed by atoms with van der Waals surface area (Å²) in [4.78, 5) is 14.1. The first kappa shape index (κ1) is 14.1. The molecule has 0 radical (unpaired) electrons. The van der Waals surface area contributed by atoms with Crippen LogP contribution in [0.25, 0.3) is 0 Å². The number of amides is 1. The zero-order valence-electron chi connectivity index (χ0n) is 12.2. The number of para-hydroxylation sites is 1. The molecule has 0 aliphatic rings. The van der Waals surface area contributed by atoms with Crippen molar-refractivity contribution in [1.29, 1.82) is 0 Å². The van der Waals surface area contributed by atoms with Gasteiger partial charge in [-0.1, -0.05) is 24.3 Å². The van der Waals surface area contributed by atoms with Gasteiger partial charge in [0, 0.05) is 24.8 Å². The third kappa shape index (κ3) is 2.99. The molecule has 0 bridgehead atoms. The lowest BCUT2D eigenvalue weighted by molar-refractivity contribution is 0.0785. The number of hydrogen-bond donors (Lipinski definition) is 1. The molecule has 0 unspecified atom stereocenters. The van der Waals surface area contributed by atoms with Gasteiger partial charge >= 0.3 is 0 Å². The highest BCUT2D eigenvalue weighted by Gasteiger charge is 2.13. The van der Waals surface area contributed by atoms with E-state index < -0.39 is 0 Å². The van der Waals surface area contributed by atoms with Gasteiger partial charge in [0.05, 0.1) is 0 Å². The second-order valence-electron chi connectivity index (χ2n) is 5.16. The van der Waals surface area contributed by atoms with Gasteiger partial charge in [0.1, 0.15) is 0 Å². The van der Waals surface area contributed by atoms with Gasteiger partial charge in [0.15, 0.2) is 0 Å². The van der Waals surface area contributed by atoms with Crippen molar-refractivity contribution in [2.24, 2.45) is 0 Å². The molecule has 1 amide bonds. The molecular formula is C17H20N2O. The van der Waals surface area contributed by atoms with Crippen molar-refractivity contribution < 1.29 is 4.79 Å². The number of nitrogen functional groups attached to an aromatic ring is 1. The Kier molecular flexibility index (Phi) is 4.08. The van der Waals surface area contributed by atoms with Gasteiger partial charge in [0.2, 0.25) is 0 Å². The van der Waals surface area contributed by atoms with Crippen molar-refractivity contribution in [2.75, 3.05) is 12.8 Å². The van der Waals surface area contributed by atoms with Gasteiger partial charge in [-0.05, 0) is 48.7 Å². The quantitative estimate of drug-likeness (QED) is 0.869. The van der Waals surface area contributed by atoms with E-state index in [1.807, 2.05) is 56.3 Å². The maximum atomic E-state index is 12.4. The largest absolute Gasteiger partial charge is 0.398 e. The molecule has 104 valence electrons. The summed E-state index contributed by atoms with van der Waals surface area (Å²) < 4.78 is 0. The average Bonchev–Trinajstić information content (AvgIpc) is 2.43. The Morgan fingerprint density at radius 1 is 1.10 bits per heavy atom. The Hall–Kier alpha value is -2.29. The van der Waals surface area contributed by atoms with Crippen LogP contribution in [0.4, 0.5) is 5.69 Å². The van der Waals surface area contributed by atoms with Gasteiger partial charge in [-0.15, -0.1) is 0 Å². The number of anilines is 1. The lowest BCUT2D eigenvalue weighted by atomic mass is 10.1. The minimum atomic E-state index is 0.0105. The first-order chi connectivity index (χ1) is 9.49. The lowest BCUT2D eigenvalue weighted by Crippen LogP contribution is -2.26. The first-order valence-corrected chi connectivity index (χ1v) is 6.65. The summed E-state index contributed by atoms with van der Waals surface area (Å²) in [5, 5.41) is 0. The van der Waals surface area contributed by atoms with E-state index in [2.05, 4.69) is 0 Å². The predicted molar refractivity (Wildman–Crippen MR) is 82.6 cm³/mol. The predicted octanol–water partition coefficient (Wildman–Crippen LogP) is 3.16. The normalized spacial score (nSPS) is 10.3. The zero-order chi connectivity index (χ0) is 14.7. The maximum Gasteiger partial charge on any atom is 0.253 e. The second kappa shape index (κ2) is 5.78. The summed E-state index contributed by atoms with van der Waals surface area (Å²) in [5.74, 6) is 0.0105. The third-order valence-corrected chi connectivity index (χ3v) is 3.56. The molecule has 0 heterocycles. The van der Waals surface area contributed by atoms with Crippen molar-refractivity contribution in [3.8, 4) is 0 Å². The number of nitrogens with zero attached hydrogens (tertiary/aromatic N) is 1. The SMILES string of the molecule is Cc1ccc(C(=O)N(C)Cc2ccccc2N)cc1C. The summed E-state index contributed by atoms with van der Waals surface area (Å²) in [6.07, 6.45) is 0. The lowest BCUT2D eigenvalue weighted by Gasteiger charge is -2.19. The van der Waals surface area contributed by atoms with Crippen molar-refractivity contribution in [3.05, 3.63) is 64.7 Å². The molecule has 2 aromatic rings. The summed E-state index contributed by atoms with van der Waals surface area (Å²) in [6, 6.07) is 13.4. The third-order valence-electron chi connectivity index (χ3n) is 3.56. The molecule has 0 saturated heterocycles. The molecule has 0 atom stereocenters. The Bertz CT molecular complexity index is 635. The Labute approximate surface area is 120 Å². The molecule has 0 aromatic heterocycles. The van der Waals surface area contributed by atoms with Crippen molar-refractivity contribution in [2.45, 2.75) is 20.4 Å². The minimum absolute atomic E-state index is 0.0105. The van der Waals surface area contributed by atoms with Crippen LogP contribution < -0.4 is 5.73 Å². The van der Waals surface area contributed by atoms with Crippen LogP contribution in [0.15, 0.2) is 42.5 Å². The molecule has 3 heteroatoms. The maximum absolute atomic E-state index is 12.4. The van der Waals surface area contributed by atoms with Crippen LogP contribution in [0, 0.1) is 13.8 Å². The molecule has 0 aliphatic heterocycles. The van der Waals surface area contributed by atoms with E-state index >= 15 is 0 Å². The van der Waals surface area contributed by atoms with E-state index in [1.54, 1.807) is 11.9 Å². The number of aryl methyl sites for hydroxylation is 2. The Morgan fingerprint density at radius 2 is 1.80 bits per heavy atom. The molecule has 0 aliphatic carbocycles. The van der Waals surface area contributed by atoms with Gasteiger partial charge in [-0.25, -0.2) is 0 Å². The molecule has 20 heavy (non-hydrogen) atoms. The molecule has 2 rings (SSSR count). The van der Waals surface area contributed by atoms with E-state index in [0.717, 1.165) is 11.1 Å². The van der Waals surface area contributed by atoms with E-state index in [9.17, 15) is 4.79 Å². The molecule has 0 spiro atoms. The molecule has 3 nitrogen and oxygen atoms in total. The van der Waals surface area contributed by atoms with Gasteiger partial charge < -0.3 is 10.6 Å².